The highest BCUT2D eigenvalue weighted by molar-refractivity contribution is 5.98. The second-order valence-electron chi connectivity index (χ2n) is 6.14. The number of hydrogen-bond acceptors (Lipinski definition) is 4. The van der Waals surface area contributed by atoms with E-state index in [0.717, 1.165) is 18.6 Å². The van der Waals surface area contributed by atoms with Crippen LogP contribution in [0.4, 0.5) is 8.78 Å². The maximum atomic E-state index is 13.6. The van der Waals surface area contributed by atoms with Crippen LogP contribution in [0.1, 0.15) is 42.2 Å². The molecular weight excluding hydrogens is 382 g/mol. The Kier molecular flexibility index (Phi) is 7.94. The summed E-state index contributed by atoms with van der Waals surface area (Å²) in [6.45, 7) is 4.66. The lowest BCUT2D eigenvalue weighted by molar-refractivity contribution is -0.122. The van der Waals surface area contributed by atoms with E-state index < -0.39 is 29.5 Å². The topological polar surface area (TPSA) is 76.7 Å². The molecule has 6 nitrogen and oxygen atoms in total. The molecule has 156 valence electrons. The Morgan fingerprint density at radius 3 is 2.38 bits per heavy atom. The molecule has 0 spiro atoms. The van der Waals surface area contributed by atoms with E-state index in [1.807, 2.05) is 6.92 Å². The molecule has 0 saturated heterocycles. The zero-order valence-corrected chi connectivity index (χ0v) is 16.6. The van der Waals surface area contributed by atoms with E-state index in [1.165, 1.54) is 25.2 Å². The van der Waals surface area contributed by atoms with Gasteiger partial charge in [0.1, 0.15) is 6.04 Å². The zero-order chi connectivity index (χ0) is 21.4. The van der Waals surface area contributed by atoms with Crippen LogP contribution in [0, 0.1) is 11.6 Å². The molecule has 0 aliphatic carbocycles. The Morgan fingerprint density at radius 1 is 1.00 bits per heavy atom. The average Bonchev–Trinajstić information content (AvgIpc) is 2.72. The van der Waals surface area contributed by atoms with Crippen molar-refractivity contribution in [1.82, 2.24) is 10.6 Å². The molecule has 1 unspecified atom stereocenters. The summed E-state index contributed by atoms with van der Waals surface area (Å²) < 4.78 is 38.0. The number of rotatable bonds is 9. The molecule has 0 aromatic heterocycles. The Morgan fingerprint density at radius 2 is 1.76 bits per heavy atom. The molecule has 0 heterocycles. The summed E-state index contributed by atoms with van der Waals surface area (Å²) in [6, 6.07) is 6.48. The predicted molar refractivity (Wildman–Crippen MR) is 104 cm³/mol. The fourth-order valence-corrected chi connectivity index (χ4v) is 2.60. The number of benzene rings is 2. The summed E-state index contributed by atoms with van der Waals surface area (Å²) >= 11 is 0. The van der Waals surface area contributed by atoms with E-state index in [4.69, 9.17) is 9.47 Å². The molecule has 8 heteroatoms. The Hall–Kier alpha value is -3.16. The van der Waals surface area contributed by atoms with Gasteiger partial charge in [0, 0.05) is 12.6 Å². The van der Waals surface area contributed by atoms with Crippen molar-refractivity contribution in [3.05, 3.63) is 59.2 Å². The van der Waals surface area contributed by atoms with Gasteiger partial charge in [-0.05, 0) is 49.2 Å². The summed E-state index contributed by atoms with van der Waals surface area (Å²) in [4.78, 5) is 25.0. The van der Waals surface area contributed by atoms with Crippen molar-refractivity contribution < 1.29 is 27.8 Å². The van der Waals surface area contributed by atoms with Crippen LogP contribution in [-0.2, 0) is 4.79 Å². The summed E-state index contributed by atoms with van der Waals surface area (Å²) in [5.74, 6) is -2.39. The monoisotopic (exact) mass is 406 g/mol. The third kappa shape index (κ3) is 5.66. The molecule has 0 aliphatic rings. The SMILES string of the molecule is CCCOc1ccc(C(=O)NC(C(=O)NC)c2ccc(F)c(F)c2)cc1OCC. The van der Waals surface area contributed by atoms with Gasteiger partial charge in [-0.15, -0.1) is 0 Å². The molecule has 2 N–H and O–H groups in total. The highest BCUT2D eigenvalue weighted by atomic mass is 19.2. The van der Waals surface area contributed by atoms with Crippen molar-refractivity contribution in [2.24, 2.45) is 0 Å². The van der Waals surface area contributed by atoms with Crippen LogP contribution in [-0.4, -0.2) is 32.1 Å². The average molecular weight is 406 g/mol. The lowest BCUT2D eigenvalue weighted by Gasteiger charge is -2.19. The highest BCUT2D eigenvalue weighted by Crippen LogP contribution is 2.29. The Balaban J connectivity index is 2.29. The van der Waals surface area contributed by atoms with Gasteiger partial charge in [-0.1, -0.05) is 13.0 Å². The van der Waals surface area contributed by atoms with Crippen LogP contribution in [0.15, 0.2) is 36.4 Å². The van der Waals surface area contributed by atoms with Gasteiger partial charge in [0.05, 0.1) is 13.2 Å². The minimum atomic E-state index is -1.20. The number of carbonyl (C=O) groups excluding carboxylic acids is 2. The third-order valence-electron chi connectivity index (χ3n) is 4.03. The number of halogens is 2. The van der Waals surface area contributed by atoms with Gasteiger partial charge in [-0.25, -0.2) is 8.78 Å². The number of likely N-dealkylation sites (N-methyl/N-ethyl adjacent to an activating group) is 1. The van der Waals surface area contributed by atoms with E-state index in [0.29, 0.717) is 24.7 Å². The molecule has 29 heavy (non-hydrogen) atoms. The number of nitrogens with one attached hydrogen (secondary N) is 2. The lowest BCUT2D eigenvalue weighted by Crippen LogP contribution is -2.39. The Labute approximate surface area is 168 Å². The van der Waals surface area contributed by atoms with Crippen molar-refractivity contribution in [2.45, 2.75) is 26.3 Å². The fraction of sp³-hybridized carbons (Fsp3) is 0.333. The molecule has 0 fully saturated rings. The van der Waals surface area contributed by atoms with Crippen LogP contribution >= 0.6 is 0 Å². The minimum Gasteiger partial charge on any atom is -0.490 e. The van der Waals surface area contributed by atoms with Crippen LogP contribution in [0.5, 0.6) is 11.5 Å². The highest BCUT2D eigenvalue weighted by Gasteiger charge is 2.24. The predicted octanol–water partition coefficient (Wildman–Crippen LogP) is 3.37. The van der Waals surface area contributed by atoms with Gasteiger partial charge in [0.15, 0.2) is 23.1 Å². The second kappa shape index (κ2) is 10.4. The fourth-order valence-electron chi connectivity index (χ4n) is 2.60. The number of ether oxygens (including phenoxy) is 2. The number of amides is 2. The maximum absolute atomic E-state index is 13.6. The molecular formula is C21H24F2N2O4. The van der Waals surface area contributed by atoms with Crippen molar-refractivity contribution >= 4 is 11.8 Å². The van der Waals surface area contributed by atoms with Crippen molar-refractivity contribution in [3.63, 3.8) is 0 Å². The van der Waals surface area contributed by atoms with Crippen LogP contribution in [0.3, 0.4) is 0 Å². The number of carbonyl (C=O) groups is 2. The van der Waals surface area contributed by atoms with Crippen LogP contribution in [0.2, 0.25) is 0 Å². The quantitative estimate of drug-likeness (QED) is 0.670. The van der Waals surface area contributed by atoms with Gasteiger partial charge >= 0.3 is 0 Å². The molecule has 2 amide bonds. The molecule has 0 bridgehead atoms. The van der Waals surface area contributed by atoms with Crippen molar-refractivity contribution in [2.75, 3.05) is 20.3 Å². The van der Waals surface area contributed by atoms with Crippen molar-refractivity contribution in [3.8, 4) is 11.5 Å². The first kappa shape index (κ1) is 22.1. The Bertz CT molecular complexity index is 874. The molecule has 2 aromatic rings. The molecule has 2 aromatic carbocycles. The normalized spacial score (nSPS) is 11.5. The first-order valence-corrected chi connectivity index (χ1v) is 9.28. The standard InChI is InChI=1S/C21H24F2N2O4/c1-4-10-29-17-9-7-14(12-18(17)28-5-2)20(26)25-19(21(27)24-3)13-6-8-15(22)16(23)11-13/h6-9,11-12,19H,4-5,10H2,1-3H3,(H,24,27)(H,25,26). The van der Waals surface area contributed by atoms with E-state index in [9.17, 15) is 18.4 Å². The maximum Gasteiger partial charge on any atom is 0.252 e. The minimum absolute atomic E-state index is 0.115. The number of hydrogen-bond donors (Lipinski definition) is 2. The van der Waals surface area contributed by atoms with E-state index in [-0.39, 0.29) is 11.1 Å². The summed E-state index contributed by atoms with van der Waals surface area (Å²) in [6.07, 6.45) is 0.815. The van der Waals surface area contributed by atoms with Gasteiger partial charge in [-0.2, -0.15) is 0 Å². The smallest absolute Gasteiger partial charge is 0.252 e. The summed E-state index contributed by atoms with van der Waals surface area (Å²) in [5, 5.41) is 4.95. The molecule has 0 saturated carbocycles. The van der Waals surface area contributed by atoms with Gasteiger partial charge in [-0.3, -0.25) is 9.59 Å². The van der Waals surface area contributed by atoms with E-state index in [1.54, 1.807) is 13.0 Å². The van der Waals surface area contributed by atoms with Gasteiger partial charge in [0.25, 0.3) is 5.91 Å². The largest absolute Gasteiger partial charge is 0.490 e. The molecule has 1 atom stereocenters. The summed E-state index contributed by atoms with van der Waals surface area (Å²) in [5.41, 5.74) is 0.346. The molecule has 0 aliphatic heterocycles. The van der Waals surface area contributed by atoms with Crippen LogP contribution in [0.25, 0.3) is 0 Å². The van der Waals surface area contributed by atoms with E-state index >= 15 is 0 Å². The molecule has 2 rings (SSSR count). The van der Waals surface area contributed by atoms with Gasteiger partial charge in [0.2, 0.25) is 5.91 Å². The zero-order valence-electron chi connectivity index (χ0n) is 16.6. The van der Waals surface area contributed by atoms with Gasteiger partial charge < -0.3 is 20.1 Å². The first-order chi connectivity index (χ1) is 13.9. The molecule has 0 radical (unpaired) electrons. The lowest BCUT2D eigenvalue weighted by atomic mass is 10.0. The van der Waals surface area contributed by atoms with E-state index in [2.05, 4.69) is 10.6 Å². The van der Waals surface area contributed by atoms with Crippen LogP contribution < -0.4 is 20.1 Å². The third-order valence-corrected chi connectivity index (χ3v) is 4.03. The second-order valence-corrected chi connectivity index (χ2v) is 6.14. The van der Waals surface area contributed by atoms with Crippen molar-refractivity contribution in [1.29, 1.82) is 0 Å². The summed E-state index contributed by atoms with van der Waals surface area (Å²) in [7, 11) is 1.38. The first-order valence-electron chi connectivity index (χ1n) is 9.28.